The van der Waals surface area contributed by atoms with Crippen molar-refractivity contribution in [2.45, 2.75) is 53.0 Å². The maximum absolute atomic E-state index is 2.44. The van der Waals surface area contributed by atoms with Gasteiger partial charge in [-0.15, -0.1) is 23.5 Å². The van der Waals surface area contributed by atoms with Gasteiger partial charge in [0, 0.05) is 5.41 Å². The Labute approximate surface area is 116 Å². The molecule has 0 saturated heterocycles. The molecule has 0 aliphatic heterocycles. The number of hydrogen-bond donors (Lipinski definition) is 0. The first-order valence-corrected chi connectivity index (χ1v) is 8.60. The third-order valence-electron chi connectivity index (χ3n) is 4.35. The van der Waals surface area contributed by atoms with Crippen molar-refractivity contribution < 1.29 is 0 Å². The molecule has 0 radical (unpaired) electrons. The monoisotopic (exact) mass is 270 g/mol. The SMILES string of the molecule is CCSC(SCC)C1(C)C(C)=C(C)C(C)=C1C. The van der Waals surface area contributed by atoms with Crippen LogP contribution in [0.15, 0.2) is 22.3 Å². The number of thioether (sulfide) groups is 2. The van der Waals surface area contributed by atoms with E-state index in [1.54, 1.807) is 11.1 Å². The second kappa shape index (κ2) is 5.88. The molecule has 0 aromatic rings. The Hall–Kier alpha value is 0.180. The predicted octanol–water partition coefficient (Wildman–Crippen LogP) is 5.51. The van der Waals surface area contributed by atoms with E-state index < -0.39 is 0 Å². The third-order valence-corrected chi connectivity index (χ3v) is 7.38. The summed E-state index contributed by atoms with van der Waals surface area (Å²) in [5.41, 5.74) is 6.46. The average molecular weight is 271 g/mol. The lowest BCUT2D eigenvalue weighted by molar-refractivity contribution is 0.536. The first-order valence-electron chi connectivity index (χ1n) is 6.50. The highest BCUT2D eigenvalue weighted by molar-refractivity contribution is 8.17. The highest BCUT2D eigenvalue weighted by atomic mass is 32.2. The zero-order valence-electron chi connectivity index (χ0n) is 12.3. The minimum Gasteiger partial charge on any atom is -0.147 e. The molecule has 0 aromatic carbocycles. The molecule has 0 aromatic heterocycles. The van der Waals surface area contributed by atoms with Gasteiger partial charge in [-0.1, -0.05) is 31.9 Å². The molecule has 17 heavy (non-hydrogen) atoms. The predicted molar refractivity (Wildman–Crippen MR) is 84.9 cm³/mol. The smallest absolute Gasteiger partial charge is 0.0630 e. The van der Waals surface area contributed by atoms with E-state index in [0.717, 1.165) is 0 Å². The molecule has 0 heterocycles. The summed E-state index contributed by atoms with van der Waals surface area (Å²) in [5.74, 6) is 2.40. The Bertz CT molecular complexity index is 320. The first-order chi connectivity index (χ1) is 7.91. The number of allylic oxidation sites excluding steroid dienone is 4. The van der Waals surface area contributed by atoms with Gasteiger partial charge >= 0.3 is 0 Å². The van der Waals surface area contributed by atoms with Crippen LogP contribution in [0.25, 0.3) is 0 Å². The van der Waals surface area contributed by atoms with Crippen molar-refractivity contribution >= 4 is 23.5 Å². The molecule has 0 spiro atoms. The van der Waals surface area contributed by atoms with Gasteiger partial charge in [0.15, 0.2) is 0 Å². The molecule has 0 nitrogen and oxygen atoms in total. The van der Waals surface area contributed by atoms with Crippen LogP contribution in [0.4, 0.5) is 0 Å². The molecule has 0 fully saturated rings. The lowest BCUT2D eigenvalue weighted by Gasteiger charge is -2.37. The molecule has 0 atom stereocenters. The molecular weight excluding hydrogens is 244 g/mol. The first kappa shape index (κ1) is 15.2. The maximum atomic E-state index is 2.44. The summed E-state index contributed by atoms with van der Waals surface area (Å²) in [4.78, 5) is 0. The summed E-state index contributed by atoms with van der Waals surface area (Å²) in [5, 5.41) is 0. The second-order valence-corrected chi connectivity index (χ2v) is 8.01. The highest BCUT2D eigenvalue weighted by Gasteiger charge is 2.42. The van der Waals surface area contributed by atoms with E-state index in [4.69, 9.17) is 0 Å². The zero-order chi connectivity index (χ0) is 13.2. The summed E-state index contributed by atoms with van der Waals surface area (Å²) >= 11 is 4.21. The van der Waals surface area contributed by atoms with Crippen molar-refractivity contribution in [1.29, 1.82) is 0 Å². The summed E-state index contributed by atoms with van der Waals surface area (Å²) in [6, 6.07) is 0. The molecule has 0 bridgehead atoms. The summed E-state index contributed by atoms with van der Waals surface area (Å²) in [6.07, 6.45) is 0. The third kappa shape index (κ3) is 2.49. The van der Waals surface area contributed by atoms with Crippen molar-refractivity contribution in [3.05, 3.63) is 22.3 Å². The Kier molecular flexibility index (Phi) is 5.27. The minimum absolute atomic E-state index is 0.259. The van der Waals surface area contributed by atoms with E-state index in [1.807, 2.05) is 0 Å². The van der Waals surface area contributed by atoms with Gasteiger partial charge in [0.1, 0.15) is 0 Å². The molecule has 0 amide bonds. The Morgan fingerprint density at radius 3 is 1.53 bits per heavy atom. The molecule has 2 heteroatoms. The van der Waals surface area contributed by atoms with Gasteiger partial charge in [-0.2, -0.15) is 0 Å². The standard InChI is InChI=1S/C15H26S2/c1-8-16-14(17-9-2)15(7)12(5)10(3)11(4)13(15)6/h14H,8-9H2,1-7H3. The maximum Gasteiger partial charge on any atom is 0.0630 e. The zero-order valence-corrected chi connectivity index (χ0v) is 13.9. The van der Waals surface area contributed by atoms with Gasteiger partial charge in [0.05, 0.1) is 4.58 Å². The fourth-order valence-corrected chi connectivity index (χ4v) is 5.84. The molecule has 0 unspecified atom stereocenters. The van der Waals surface area contributed by atoms with E-state index in [9.17, 15) is 0 Å². The normalized spacial score (nSPS) is 19.8. The van der Waals surface area contributed by atoms with Crippen LogP contribution in [0.5, 0.6) is 0 Å². The van der Waals surface area contributed by atoms with Crippen molar-refractivity contribution in [2.75, 3.05) is 11.5 Å². The van der Waals surface area contributed by atoms with Crippen LogP contribution in [0.3, 0.4) is 0 Å². The number of rotatable bonds is 5. The van der Waals surface area contributed by atoms with E-state index in [2.05, 4.69) is 72.0 Å². The van der Waals surface area contributed by atoms with Gasteiger partial charge in [0.25, 0.3) is 0 Å². The second-order valence-electron chi connectivity index (χ2n) is 4.94. The van der Waals surface area contributed by atoms with Crippen LogP contribution in [0, 0.1) is 5.41 Å². The summed E-state index contributed by atoms with van der Waals surface area (Å²) < 4.78 is 0.657. The van der Waals surface area contributed by atoms with Gasteiger partial charge in [-0.3, -0.25) is 0 Å². The molecule has 1 aliphatic carbocycles. The summed E-state index contributed by atoms with van der Waals surface area (Å²) in [7, 11) is 0. The quantitative estimate of drug-likeness (QED) is 0.604. The molecular formula is C15H26S2. The molecule has 0 N–H and O–H groups in total. The topological polar surface area (TPSA) is 0 Å². The van der Waals surface area contributed by atoms with Crippen molar-refractivity contribution in [2.24, 2.45) is 5.41 Å². The van der Waals surface area contributed by atoms with E-state index in [1.165, 1.54) is 22.7 Å². The Morgan fingerprint density at radius 2 is 1.24 bits per heavy atom. The van der Waals surface area contributed by atoms with Crippen LogP contribution >= 0.6 is 23.5 Å². The van der Waals surface area contributed by atoms with Crippen molar-refractivity contribution in [3.63, 3.8) is 0 Å². The van der Waals surface area contributed by atoms with E-state index >= 15 is 0 Å². The minimum atomic E-state index is 0.259. The highest BCUT2D eigenvalue weighted by Crippen LogP contribution is 2.54. The van der Waals surface area contributed by atoms with Crippen LogP contribution in [0.2, 0.25) is 0 Å². The number of hydrogen-bond acceptors (Lipinski definition) is 2. The van der Waals surface area contributed by atoms with Crippen LogP contribution < -0.4 is 0 Å². The van der Waals surface area contributed by atoms with Crippen LogP contribution in [-0.2, 0) is 0 Å². The Morgan fingerprint density at radius 1 is 0.882 bits per heavy atom. The van der Waals surface area contributed by atoms with E-state index in [0.29, 0.717) is 4.58 Å². The largest absolute Gasteiger partial charge is 0.147 e. The van der Waals surface area contributed by atoms with Gasteiger partial charge in [0.2, 0.25) is 0 Å². The fraction of sp³-hybridized carbons (Fsp3) is 0.733. The van der Waals surface area contributed by atoms with Crippen LogP contribution in [0.1, 0.15) is 48.5 Å². The lowest BCUT2D eigenvalue weighted by atomic mass is 9.81. The van der Waals surface area contributed by atoms with Crippen molar-refractivity contribution in [3.8, 4) is 0 Å². The van der Waals surface area contributed by atoms with E-state index in [-0.39, 0.29) is 5.41 Å². The van der Waals surface area contributed by atoms with Gasteiger partial charge < -0.3 is 0 Å². The lowest BCUT2D eigenvalue weighted by Crippen LogP contribution is -2.29. The van der Waals surface area contributed by atoms with Gasteiger partial charge in [-0.25, -0.2) is 0 Å². The Balaban J connectivity index is 3.16. The summed E-state index contributed by atoms with van der Waals surface area (Å²) in [6.45, 7) is 16.2. The van der Waals surface area contributed by atoms with Crippen molar-refractivity contribution in [1.82, 2.24) is 0 Å². The fourth-order valence-electron chi connectivity index (χ4n) is 2.66. The average Bonchev–Trinajstić information content (AvgIpc) is 2.46. The molecule has 1 aliphatic rings. The molecule has 98 valence electrons. The molecule has 1 rings (SSSR count). The molecule has 0 saturated carbocycles. The van der Waals surface area contributed by atoms with Crippen LogP contribution in [-0.4, -0.2) is 16.1 Å². The van der Waals surface area contributed by atoms with Gasteiger partial charge in [-0.05, 0) is 50.3 Å².